The highest BCUT2D eigenvalue weighted by Crippen LogP contribution is 2.18. The fourth-order valence-electron chi connectivity index (χ4n) is 1.83. The summed E-state index contributed by atoms with van der Waals surface area (Å²) >= 11 is 0. The van der Waals surface area contributed by atoms with Crippen molar-refractivity contribution >= 4 is 5.91 Å². The second-order valence-electron chi connectivity index (χ2n) is 4.87. The minimum absolute atomic E-state index is 0.320. The van der Waals surface area contributed by atoms with Crippen molar-refractivity contribution in [1.29, 1.82) is 0 Å². The van der Waals surface area contributed by atoms with Gasteiger partial charge in [0.25, 0.3) is 0 Å². The minimum Gasteiger partial charge on any atom is -0.494 e. The molecule has 0 aliphatic carbocycles. The molecule has 0 aliphatic heterocycles. The Morgan fingerprint density at radius 2 is 1.95 bits per heavy atom. The molecule has 4 nitrogen and oxygen atoms in total. The molecule has 1 rings (SSSR count). The van der Waals surface area contributed by atoms with Crippen LogP contribution >= 0.6 is 0 Å². The summed E-state index contributed by atoms with van der Waals surface area (Å²) in [6.45, 7) is 7.45. The molecule has 0 heterocycles. The van der Waals surface area contributed by atoms with Crippen LogP contribution in [0.5, 0.6) is 5.75 Å². The van der Waals surface area contributed by atoms with Crippen molar-refractivity contribution in [2.75, 3.05) is 13.2 Å². The number of likely N-dealkylation sites (N-methyl/N-ethyl adjacent to an activating group) is 1. The van der Waals surface area contributed by atoms with E-state index in [4.69, 9.17) is 10.5 Å². The third kappa shape index (κ3) is 5.30. The standard InChI is InChI=1S/C15H24N2O2/c1-4-17-14(15(16)18)9-10-19-13-7-5-12(6-8-13)11(2)3/h5-8,11,14,17H,4,9-10H2,1-3H3,(H2,16,18). The van der Waals surface area contributed by atoms with Gasteiger partial charge in [0.2, 0.25) is 5.91 Å². The number of rotatable bonds is 8. The van der Waals surface area contributed by atoms with Gasteiger partial charge in [0.05, 0.1) is 12.6 Å². The molecule has 0 aliphatic rings. The first-order valence-corrected chi connectivity index (χ1v) is 6.80. The molecule has 1 aromatic rings. The van der Waals surface area contributed by atoms with Gasteiger partial charge in [0.1, 0.15) is 5.75 Å². The third-order valence-electron chi connectivity index (χ3n) is 3.02. The summed E-state index contributed by atoms with van der Waals surface area (Å²) in [4.78, 5) is 11.2. The number of ether oxygens (including phenoxy) is 1. The number of benzene rings is 1. The Kier molecular flexibility index (Phi) is 6.36. The maximum atomic E-state index is 11.2. The van der Waals surface area contributed by atoms with Gasteiger partial charge in [-0.2, -0.15) is 0 Å². The van der Waals surface area contributed by atoms with Gasteiger partial charge < -0.3 is 15.8 Å². The van der Waals surface area contributed by atoms with Gasteiger partial charge in [-0.05, 0) is 30.2 Å². The second-order valence-corrected chi connectivity index (χ2v) is 4.87. The van der Waals surface area contributed by atoms with Crippen LogP contribution in [0.2, 0.25) is 0 Å². The molecule has 19 heavy (non-hydrogen) atoms. The summed E-state index contributed by atoms with van der Waals surface area (Å²) in [6.07, 6.45) is 0.578. The van der Waals surface area contributed by atoms with E-state index in [9.17, 15) is 4.79 Å². The molecule has 1 amide bonds. The highest BCUT2D eigenvalue weighted by molar-refractivity contribution is 5.79. The van der Waals surface area contributed by atoms with Crippen LogP contribution in [0, 0.1) is 0 Å². The Hall–Kier alpha value is -1.55. The predicted molar refractivity (Wildman–Crippen MR) is 77.3 cm³/mol. The zero-order valence-corrected chi connectivity index (χ0v) is 12.0. The topological polar surface area (TPSA) is 64.3 Å². The van der Waals surface area contributed by atoms with E-state index < -0.39 is 0 Å². The highest BCUT2D eigenvalue weighted by Gasteiger charge is 2.13. The van der Waals surface area contributed by atoms with Crippen molar-refractivity contribution in [2.45, 2.75) is 39.2 Å². The first-order valence-electron chi connectivity index (χ1n) is 6.80. The van der Waals surface area contributed by atoms with Gasteiger partial charge in [0.15, 0.2) is 0 Å². The fourth-order valence-corrected chi connectivity index (χ4v) is 1.83. The van der Waals surface area contributed by atoms with E-state index in [0.717, 1.165) is 12.3 Å². The summed E-state index contributed by atoms with van der Waals surface area (Å²) in [6, 6.07) is 7.73. The quantitative estimate of drug-likeness (QED) is 0.755. The number of primary amides is 1. The molecule has 1 aromatic carbocycles. The van der Waals surface area contributed by atoms with Gasteiger partial charge in [-0.15, -0.1) is 0 Å². The van der Waals surface area contributed by atoms with Crippen molar-refractivity contribution in [1.82, 2.24) is 5.32 Å². The van der Waals surface area contributed by atoms with E-state index in [-0.39, 0.29) is 11.9 Å². The van der Waals surface area contributed by atoms with E-state index in [1.54, 1.807) is 0 Å². The Balaban J connectivity index is 2.41. The van der Waals surface area contributed by atoms with Gasteiger partial charge in [-0.1, -0.05) is 32.9 Å². The molecule has 1 atom stereocenters. The van der Waals surface area contributed by atoms with Crippen LogP contribution in [0.1, 0.15) is 38.7 Å². The summed E-state index contributed by atoms with van der Waals surface area (Å²) in [5, 5.41) is 3.04. The zero-order valence-electron chi connectivity index (χ0n) is 12.0. The van der Waals surface area contributed by atoms with Gasteiger partial charge >= 0.3 is 0 Å². The van der Waals surface area contributed by atoms with Crippen LogP contribution in [0.3, 0.4) is 0 Å². The number of hydrogen-bond donors (Lipinski definition) is 2. The molecular formula is C15H24N2O2. The predicted octanol–water partition coefficient (Wildman–Crippen LogP) is 2.04. The Labute approximate surface area is 115 Å². The minimum atomic E-state index is -0.333. The molecule has 0 fully saturated rings. The van der Waals surface area contributed by atoms with Crippen LogP contribution in [0.15, 0.2) is 24.3 Å². The average Bonchev–Trinajstić information content (AvgIpc) is 2.38. The molecular weight excluding hydrogens is 240 g/mol. The molecule has 0 aromatic heterocycles. The summed E-state index contributed by atoms with van der Waals surface area (Å²) in [5.41, 5.74) is 6.59. The lowest BCUT2D eigenvalue weighted by molar-refractivity contribution is -0.120. The molecule has 1 unspecified atom stereocenters. The van der Waals surface area contributed by atoms with Gasteiger partial charge in [0, 0.05) is 6.42 Å². The van der Waals surface area contributed by atoms with E-state index in [0.29, 0.717) is 18.9 Å². The van der Waals surface area contributed by atoms with E-state index in [2.05, 4.69) is 31.3 Å². The number of nitrogens with one attached hydrogen (secondary N) is 1. The van der Waals surface area contributed by atoms with Crippen molar-refractivity contribution in [2.24, 2.45) is 5.73 Å². The molecule has 0 bridgehead atoms. The van der Waals surface area contributed by atoms with Crippen LogP contribution in [0.4, 0.5) is 0 Å². The van der Waals surface area contributed by atoms with Crippen molar-refractivity contribution in [3.05, 3.63) is 29.8 Å². The van der Waals surface area contributed by atoms with Crippen molar-refractivity contribution < 1.29 is 9.53 Å². The highest BCUT2D eigenvalue weighted by atomic mass is 16.5. The lowest BCUT2D eigenvalue weighted by Crippen LogP contribution is -2.42. The monoisotopic (exact) mass is 264 g/mol. The van der Waals surface area contributed by atoms with E-state index in [1.807, 2.05) is 19.1 Å². The van der Waals surface area contributed by atoms with Crippen molar-refractivity contribution in [3.63, 3.8) is 0 Å². The molecule has 0 spiro atoms. The smallest absolute Gasteiger partial charge is 0.234 e. The van der Waals surface area contributed by atoms with Crippen LogP contribution in [-0.2, 0) is 4.79 Å². The Morgan fingerprint density at radius 3 is 2.42 bits per heavy atom. The molecule has 4 heteroatoms. The van der Waals surface area contributed by atoms with E-state index in [1.165, 1.54) is 5.56 Å². The molecule has 0 saturated heterocycles. The average molecular weight is 264 g/mol. The normalized spacial score (nSPS) is 12.4. The SMILES string of the molecule is CCNC(CCOc1ccc(C(C)C)cc1)C(N)=O. The summed E-state index contributed by atoms with van der Waals surface area (Å²) in [7, 11) is 0. The van der Waals surface area contributed by atoms with Crippen LogP contribution < -0.4 is 15.8 Å². The van der Waals surface area contributed by atoms with E-state index >= 15 is 0 Å². The number of carbonyl (C=O) groups excluding carboxylic acids is 1. The number of nitrogens with two attached hydrogens (primary N) is 1. The van der Waals surface area contributed by atoms with Gasteiger partial charge in [-0.25, -0.2) is 0 Å². The Morgan fingerprint density at radius 1 is 1.32 bits per heavy atom. The first kappa shape index (κ1) is 15.5. The Bertz CT molecular complexity index is 388. The number of amides is 1. The summed E-state index contributed by atoms with van der Waals surface area (Å²) < 4.78 is 5.62. The number of hydrogen-bond acceptors (Lipinski definition) is 3. The number of carbonyl (C=O) groups is 1. The first-order chi connectivity index (χ1) is 9.04. The molecule has 3 N–H and O–H groups in total. The lowest BCUT2D eigenvalue weighted by Gasteiger charge is -2.14. The van der Waals surface area contributed by atoms with Crippen LogP contribution in [-0.4, -0.2) is 25.1 Å². The largest absolute Gasteiger partial charge is 0.494 e. The summed E-state index contributed by atoms with van der Waals surface area (Å²) in [5.74, 6) is 1.01. The van der Waals surface area contributed by atoms with Gasteiger partial charge in [-0.3, -0.25) is 4.79 Å². The van der Waals surface area contributed by atoms with Crippen LogP contribution in [0.25, 0.3) is 0 Å². The third-order valence-corrected chi connectivity index (χ3v) is 3.02. The zero-order chi connectivity index (χ0) is 14.3. The molecule has 106 valence electrons. The molecule has 0 saturated carbocycles. The second kappa shape index (κ2) is 7.79. The fraction of sp³-hybridized carbons (Fsp3) is 0.533. The maximum absolute atomic E-state index is 11.2. The van der Waals surface area contributed by atoms with Crippen molar-refractivity contribution in [3.8, 4) is 5.75 Å². The molecule has 0 radical (unpaired) electrons. The lowest BCUT2D eigenvalue weighted by atomic mass is 10.0. The maximum Gasteiger partial charge on any atom is 0.234 e.